The number of halogens is 1. The lowest BCUT2D eigenvalue weighted by atomic mass is 10.2. The zero-order chi connectivity index (χ0) is 9.97. The Kier molecular flexibility index (Phi) is 3.23. The molecule has 0 radical (unpaired) electrons. The summed E-state index contributed by atoms with van der Waals surface area (Å²) in [5.74, 6) is 2.34. The molecule has 1 aliphatic heterocycles. The molecule has 1 aliphatic rings. The van der Waals surface area contributed by atoms with Crippen molar-refractivity contribution < 1.29 is 9.47 Å². The monoisotopic (exact) mass is 274 g/mol. The standard InChI is InChI=1S/C10H11BrO2S/c11-8-4-7(6-14)5-9-10(8)13-3-1-2-12-9/h4-5,14H,1-3,6H2. The first-order valence-electron chi connectivity index (χ1n) is 4.50. The highest BCUT2D eigenvalue weighted by Crippen LogP contribution is 2.38. The molecule has 1 heterocycles. The summed E-state index contributed by atoms with van der Waals surface area (Å²) in [5, 5.41) is 0. The first kappa shape index (κ1) is 10.2. The fourth-order valence-electron chi connectivity index (χ4n) is 1.38. The second kappa shape index (κ2) is 4.45. The molecule has 0 spiro atoms. The highest BCUT2D eigenvalue weighted by molar-refractivity contribution is 9.10. The summed E-state index contributed by atoms with van der Waals surface area (Å²) in [6.45, 7) is 1.43. The normalized spacial score (nSPS) is 15.0. The predicted molar refractivity (Wildman–Crippen MR) is 62.4 cm³/mol. The molecular formula is C10H11BrO2S. The third kappa shape index (κ3) is 2.01. The van der Waals surface area contributed by atoms with Crippen LogP contribution in [0.5, 0.6) is 11.5 Å². The first-order valence-corrected chi connectivity index (χ1v) is 5.92. The van der Waals surface area contributed by atoms with E-state index in [1.165, 1.54) is 0 Å². The fraction of sp³-hybridized carbons (Fsp3) is 0.400. The molecule has 0 aromatic heterocycles. The van der Waals surface area contributed by atoms with Crippen molar-refractivity contribution in [3.05, 3.63) is 22.2 Å². The summed E-state index contributed by atoms with van der Waals surface area (Å²) in [7, 11) is 0. The van der Waals surface area contributed by atoms with E-state index in [9.17, 15) is 0 Å². The van der Waals surface area contributed by atoms with Gasteiger partial charge in [-0.1, -0.05) is 0 Å². The number of rotatable bonds is 1. The van der Waals surface area contributed by atoms with Crippen LogP contribution < -0.4 is 9.47 Å². The largest absolute Gasteiger partial charge is 0.490 e. The van der Waals surface area contributed by atoms with Crippen molar-refractivity contribution in [2.75, 3.05) is 13.2 Å². The van der Waals surface area contributed by atoms with Gasteiger partial charge >= 0.3 is 0 Å². The Hall–Kier alpha value is -0.350. The van der Waals surface area contributed by atoms with Gasteiger partial charge in [-0.15, -0.1) is 0 Å². The maximum atomic E-state index is 5.58. The van der Waals surface area contributed by atoms with Gasteiger partial charge in [0.1, 0.15) is 0 Å². The first-order chi connectivity index (χ1) is 6.81. The lowest BCUT2D eigenvalue weighted by molar-refractivity contribution is 0.296. The maximum Gasteiger partial charge on any atom is 0.175 e. The van der Waals surface area contributed by atoms with Crippen LogP contribution in [-0.4, -0.2) is 13.2 Å². The smallest absolute Gasteiger partial charge is 0.175 e. The summed E-state index contributed by atoms with van der Waals surface area (Å²) >= 11 is 7.70. The van der Waals surface area contributed by atoms with Gasteiger partial charge in [-0.25, -0.2) is 0 Å². The van der Waals surface area contributed by atoms with Crippen molar-refractivity contribution in [3.8, 4) is 11.5 Å². The van der Waals surface area contributed by atoms with Crippen LogP contribution >= 0.6 is 28.6 Å². The highest BCUT2D eigenvalue weighted by Gasteiger charge is 2.14. The molecule has 14 heavy (non-hydrogen) atoms. The molecule has 0 unspecified atom stereocenters. The van der Waals surface area contributed by atoms with E-state index in [0.717, 1.165) is 34.6 Å². The molecule has 0 amide bonds. The van der Waals surface area contributed by atoms with Gasteiger partial charge in [0.05, 0.1) is 17.7 Å². The zero-order valence-electron chi connectivity index (χ0n) is 7.62. The lowest BCUT2D eigenvalue weighted by Gasteiger charge is -2.10. The number of hydrogen-bond acceptors (Lipinski definition) is 3. The average molecular weight is 275 g/mol. The minimum absolute atomic E-state index is 0.704. The van der Waals surface area contributed by atoms with Crippen molar-refractivity contribution in [1.29, 1.82) is 0 Å². The van der Waals surface area contributed by atoms with E-state index in [1.807, 2.05) is 12.1 Å². The average Bonchev–Trinajstić information content (AvgIpc) is 2.42. The molecule has 0 saturated heterocycles. The number of thiol groups is 1. The molecule has 0 fully saturated rings. The summed E-state index contributed by atoms with van der Waals surface area (Å²) in [4.78, 5) is 0. The van der Waals surface area contributed by atoms with Gasteiger partial charge in [-0.3, -0.25) is 0 Å². The Balaban J connectivity index is 2.43. The van der Waals surface area contributed by atoms with E-state index in [-0.39, 0.29) is 0 Å². The second-order valence-corrected chi connectivity index (χ2v) is 4.28. The van der Waals surface area contributed by atoms with Crippen LogP contribution in [0.25, 0.3) is 0 Å². The van der Waals surface area contributed by atoms with Gasteiger partial charge in [0.25, 0.3) is 0 Å². The Bertz CT molecular complexity index is 341. The van der Waals surface area contributed by atoms with Crippen LogP contribution in [0.3, 0.4) is 0 Å². The van der Waals surface area contributed by atoms with Crippen molar-refractivity contribution in [2.45, 2.75) is 12.2 Å². The molecule has 4 heteroatoms. The number of fused-ring (bicyclic) bond motifs is 1. The number of hydrogen-bond donors (Lipinski definition) is 1. The van der Waals surface area contributed by atoms with E-state index in [4.69, 9.17) is 9.47 Å². The molecule has 76 valence electrons. The molecule has 0 aliphatic carbocycles. The number of benzene rings is 1. The van der Waals surface area contributed by atoms with Gasteiger partial charge in [0, 0.05) is 12.2 Å². The van der Waals surface area contributed by atoms with Crippen molar-refractivity contribution in [1.82, 2.24) is 0 Å². The Morgan fingerprint density at radius 3 is 2.86 bits per heavy atom. The van der Waals surface area contributed by atoms with Crippen LogP contribution in [-0.2, 0) is 5.75 Å². The van der Waals surface area contributed by atoms with Gasteiger partial charge in [0.15, 0.2) is 11.5 Å². The fourth-order valence-corrected chi connectivity index (χ4v) is 2.16. The van der Waals surface area contributed by atoms with E-state index < -0.39 is 0 Å². The van der Waals surface area contributed by atoms with Crippen molar-refractivity contribution in [2.24, 2.45) is 0 Å². The van der Waals surface area contributed by atoms with Gasteiger partial charge in [-0.05, 0) is 33.6 Å². The predicted octanol–water partition coefficient (Wildman–Crippen LogP) is 3.04. The maximum absolute atomic E-state index is 5.58. The topological polar surface area (TPSA) is 18.5 Å². The Labute approximate surface area is 97.1 Å². The second-order valence-electron chi connectivity index (χ2n) is 3.11. The molecule has 1 aromatic carbocycles. The van der Waals surface area contributed by atoms with Gasteiger partial charge in [-0.2, -0.15) is 12.6 Å². The molecule has 0 N–H and O–H groups in total. The molecule has 2 rings (SSSR count). The van der Waals surface area contributed by atoms with Crippen LogP contribution in [0, 0.1) is 0 Å². The van der Waals surface area contributed by atoms with Crippen molar-refractivity contribution in [3.63, 3.8) is 0 Å². The van der Waals surface area contributed by atoms with Crippen LogP contribution in [0.2, 0.25) is 0 Å². The SMILES string of the molecule is SCc1cc(Br)c2c(c1)OCCCO2. The summed E-state index contributed by atoms with van der Waals surface area (Å²) in [6.07, 6.45) is 0.928. The molecule has 2 nitrogen and oxygen atoms in total. The molecular weight excluding hydrogens is 264 g/mol. The van der Waals surface area contributed by atoms with E-state index in [0.29, 0.717) is 12.4 Å². The quantitative estimate of drug-likeness (QED) is 0.794. The Morgan fingerprint density at radius 2 is 2.07 bits per heavy atom. The van der Waals surface area contributed by atoms with Crippen LogP contribution in [0.1, 0.15) is 12.0 Å². The summed E-state index contributed by atoms with van der Waals surface area (Å²) in [5.41, 5.74) is 1.13. The van der Waals surface area contributed by atoms with E-state index in [2.05, 4.69) is 28.6 Å². The molecule has 0 atom stereocenters. The lowest BCUT2D eigenvalue weighted by Crippen LogP contribution is -1.97. The van der Waals surface area contributed by atoms with E-state index >= 15 is 0 Å². The molecule has 0 saturated carbocycles. The molecule has 1 aromatic rings. The van der Waals surface area contributed by atoms with Crippen molar-refractivity contribution >= 4 is 28.6 Å². The van der Waals surface area contributed by atoms with Gasteiger partial charge < -0.3 is 9.47 Å². The van der Waals surface area contributed by atoms with Gasteiger partial charge in [0.2, 0.25) is 0 Å². The molecule has 0 bridgehead atoms. The van der Waals surface area contributed by atoms with Crippen LogP contribution in [0.15, 0.2) is 16.6 Å². The number of ether oxygens (including phenoxy) is 2. The van der Waals surface area contributed by atoms with E-state index in [1.54, 1.807) is 0 Å². The Morgan fingerprint density at radius 1 is 1.29 bits per heavy atom. The third-order valence-electron chi connectivity index (χ3n) is 2.04. The van der Waals surface area contributed by atoms with Crippen LogP contribution in [0.4, 0.5) is 0 Å². The minimum atomic E-state index is 0.704. The third-order valence-corrected chi connectivity index (χ3v) is 3.00. The summed E-state index contributed by atoms with van der Waals surface area (Å²) < 4.78 is 12.1. The zero-order valence-corrected chi connectivity index (χ0v) is 10.1. The highest BCUT2D eigenvalue weighted by atomic mass is 79.9. The minimum Gasteiger partial charge on any atom is -0.490 e. The summed E-state index contributed by atoms with van der Waals surface area (Å²) in [6, 6.07) is 4.00.